The first kappa shape index (κ1) is 8.86. The average molecular weight is 197 g/mol. The van der Waals surface area contributed by atoms with Crippen LogP contribution in [0, 0.1) is 6.92 Å². The summed E-state index contributed by atoms with van der Waals surface area (Å²) in [6.07, 6.45) is -0.515. The van der Waals surface area contributed by atoms with Crippen LogP contribution in [0.1, 0.15) is 5.69 Å². The number of nitrogens with one attached hydrogen (secondary N) is 2. The van der Waals surface area contributed by atoms with Gasteiger partial charge in [0.2, 0.25) is 5.88 Å². The molecule has 0 spiro atoms. The summed E-state index contributed by atoms with van der Waals surface area (Å²) in [4.78, 5) is 10.7. The molecule has 1 saturated heterocycles. The van der Waals surface area contributed by atoms with Gasteiger partial charge in [0.05, 0.1) is 18.8 Å². The van der Waals surface area contributed by atoms with Crippen LogP contribution in [0.3, 0.4) is 0 Å². The number of alkyl carbamates (subject to hydrolysis) is 1. The van der Waals surface area contributed by atoms with Gasteiger partial charge >= 0.3 is 6.09 Å². The second kappa shape index (κ2) is 3.57. The van der Waals surface area contributed by atoms with Crippen molar-refractivity contribution in [2.45, 2.75) is 13.0 Å². The fraction of sp³-hybridized carbons (Fsp3) is 0.500. The van der Waals surface area contributed by atoms with E-state index < -0.39 is 0 Å². The summed E-state index contributed by atoms with van der Waals surface area (Å²) in [6.45, 7) is 2.89. The van der Waals surface area contributed by atoms with Crippen LogP contribution in [0.15, 0.2) is 10.6 Å². The molecule has 1 amide bonds. The molecule has 1 aromatic rings. The number of carbonyl (C=O) groups excluding carboxylic acids is 1. The molecule has 1 fully saturated rings. The number of aromatic nitrogens is 1. The lowest BCUT2D eigenvalue weighted by Gasteiger charge is -2.06. The molecule has 6 heteroatoms. The van der Waals surface area contributed by atoms with Gasteiger partial charge in [-0.3, -0.25) is 0 Å². The van der Waals surface area contributed by atoms with Gasteiger partial charge in [0.1, 0.15) is 6.10 Å². The van der Waals surface area contributed by atoms with Crippen molar-refractivity contribution in [3.63, 3.8) is 0 Å². The third-order valence-electron chi connectivity index (χ3n) is 1.88. The summed E-state index contributed by atoms with van der Waals surface area (Å²) >= 11 is 0. The SMILES string of the molecule is Cc1cc(NC[C@H]2CNC(=O)O2)on1. The van der Waals surface area contributed by atoms with E-state index >= 15 is 0 Å². The van der Waals surface area contributed by atoms with Crippen LogP contribution in [0.4, 0.5) is 10.7 Å². The van der Waals surface area contributed by atoms with E-state index in [9.17, 15) is 4.79 Å². The van der Waals surface area contributed by atoms with Gasteiger partial charge in [0.25, 0.3) is 0 Å². The fourth-order valence-corrected chi connectivity index (χ4v) is 1.21. The Balaban J connectivity index is 1.80. The highest BCUT2D eigenvalue weighted by molar-refractivity contribution is 5.69. The standard InChI is InChI=1S/C8H11N3O3/c1-5-2-7(14-11-5)9-3-6-4-10-8(12)13-6/h2,6,9H,3-4H2,1H3,(H,10,12)/t6-/m0/s1. The number of carbonyl (C=O) groups is 1. The van der Waals surface area contributed by atoms with Gasteiger partial charge in [-0.05, 0) is 6.92 Å². The highest BCUT2D eigenvalue weighted by Crippen LogP contribution is 2.09. The Morgan fingerprint density at radius 1 is 1.79 bits per heavy atom. The van der Waals surface area contributed by atoms with Crippen molar-refractivity contribution in [2.24, 2.45) is 0 Å². The van der Waals surface area contributed by atoms with Crippen LogP contribution in [0.5, 0.6) is 0 Å². The van der Waals surface area contributed by atoms with Gasteiger partial charge in [0, 0.05) is 6.07 Å². The molecule has 0 bridgehead atoms. The van der Waals surface area contributed by atoms with Crippen molar-refractivity contribution in [3.05, 3.63) is 11.8 Å². The first-order valence-electron chi connectivity index (χ1n) is 4.36. The van der Waals surface area contributed by atoms with Crippen molar-refractivity contribution >= 4 is 12.0 Å². The molecule has 0 saturated carbocycles. The Morgan fingerprint density at radius 3 is 3.21 bits per heavy atom. The number of rotatable bonds is 3. The van der Waals surface area contributed by atoms with E-state index in [1.54, 1.807) is 6.07 Å². The molecule has 1 atom stereocenters. The molecule has 1 aliphatic rings. The molecule has 0 radical (unpaired) electrons. The lowest BCUT2D eigenvalue weighted by molar-refractivity contribution is 0.145. The lowest BCUT2D eigenvalue weighted by Crippen LogP contribution is -2.23. The molecule has 2 N–H and O–H groups in total. The number of anilines is 1. The van der Waals surface area contributed by atoms with Crippen molar-refractivity contribution in [1.29, 1.82) is 0 Å². The summed E-state index contributed by atoms with van der Waals surface area (Å²) < 4.78 is 9.84. The molecule has 14 heavy (non-hydrogen) atoms. The zero-order chi connectivity index (χ0) is 9.97. The molecule has 1 aliphatic heterocycles. The number of cyclic esters (lactones) is 1. The Bertz CT molecular complexity index is 336. The third kappa shape index (κ3) is 1.95. The molecular formula is C8H11N3O3. The van der Waals surface area contributed by atoms with E-state index in [2.05, 4.69) is 15.8 Å². The normalized spacial score (nSPS) is 20.4. The van der Waals surface area contributed by atoms with E-state index in [1.807, 2.05) is 6.92 Å². The van der Waals surface area contributed by atoms with Crippen LogP contribution in [0.2, 0.25) is 0 Å². The molecule has 1 aromatic heterocycles. The molecule has 2 heterocycles. The Morgan fingerprint density at radius 2 is 2.64 bits per heavy atom. The Labute approximate surface area is 80.6 Å². The summed E-state index contributed by atoms with van der Waals surface area (Å²) in [5.74, 6) is 0.588. The average Bonchev–Trinajstić information content (AvgIpc) is 2.72. The van der Waals surface area contributed by atoms with E-state index in [4.69, 9.17) is 9.26 Å². The van der Waals surface area contributed by atoms with Gasteiger partial charge in [-0.1, -0.05) is 5.16 Å². The number of amides is 1. The summed E-state index contributed by atoms with van der Waals surface area (Å²) in [5.41, 5.74) is 0.814. The molecule has 0 unspecified atom stereocenters. The van der Waals surface area contributed by atoms with Gasteiger partial charge < -0.3 is 19.9 Å². The maximum atomic E-state index is 10.7. The van der Waals surface area contributed by atoms with E-state index in [0.29, 0.717) is 19.0 Å². The second-order valence-corrected chi connectivity index (χ2v) is 3.12. The quantitative estimate of drug-likeness (QED) is 0.738. The first-order chi connectivity index (χ1) is 6.74. The number of ether oxygens (including phenoxy) is 1. The Hall–Kier alpha value is -1.72. The lowest BCUT2D eigenvalue weighted by atomic mass is 10.3. The summed E-state index contributed by atoms with van der Waals surface area (Å²) in [5, 5.41) is 9.26. The first-order valence-corrected chi connectivity index (χ1v) is 4.36. The van der Waals surface area contributed by atoms with Gasteiger partial charge in [0.15, 0.2) is 0 Å². The molecule has 2 rings (SSSR count). The highest BCUT2D eigenvalue weighted by Gasteiger charge is 2.22. The topological polar surface area (TPSA) is 76.4 Å². The zero-order valence-electron chi connectivity index (χ0n) is 7.74. The summed E-state index contributed by atoms with van der Waals surface area (Å²) in [7, 11) is 0. The van der Waals surface area contributed by atoms with Gasteiger partial charge in [-0.15, -0.1) is 0 Å². The minimum absolute atomic E-state index is 0.145. The number of nitrogens with zero attached hydrogens (tertiary/aromatic N) is 1. The predicted octanol–water partition coefficient (Wildman–Crippen LogP) is 0.503. The third-order valence-corrected chi connectivity index (χ3v) is 1.88. The molecular weight excluding hydrogens is 186 g/mol. The van der Waals surface area contributed by atoms with Gasteiger partial charge in [-0.25, -0.2) is 4.79 Å². The minimum Gasteiger partial charge on any atom is -0.442 e. The van der Waals surface area contributed by atoms with Gasteiger partial charge in [-0.2, -0.15) is 0 Å². The number of aryl methyl sites for hydroxylation is 1. The predicted molar refractivity (Wildman–Crippen MR) is 48.0 cm³/mol. The number of hydrogen-bond donors (Lipinski definition) is 2. The van der Waals surface area contributed by atoms with Crippen LogP contribution in [0.25, 0.3) is 0 Å². The maximum absolute atomic E-state index is 10.7. The number of hydrogen-bond acceptors (Lipinski definition) is 5. The zero-order valence-corrected chi connectivity index (χ0v) is 7.74. The Kier molecular flexibility index (Phi) is 2.26. The molecule has 0 aromatic carbocycles. The highest BCUT2D eigenvalue weighted by atomic mass is 16.6. The van der Waals surface area contributed by atoms with Crippen LogP contribution in [-0.4, -0.2) is 30.4 Å². The fourth-order valence-electron chi connectivity index (χ4n) is 1.21. The van der Waals surface area contributed by atoms with Crippen molar-refractivity contribution in [2.75, 3.05) is 18.4 Å². The van der Waals surface area contributed by atoms with Crippen LogP contribution >= 0.6 is 0 Å². The van der Waals surface area contributed by atoms with Crippen molar-refractivity contribution in [3.8, 4) is 0 Å². The van der Waals surface area contributed by atoms with E-state index in [1.165, 1.54) is 0 Å². The van der Waals surface area contributed by atoms with Crippen molar-refractivity contribution < 1.29 is 14.1 Å². The van der Waals surface area contributed by atoms with Crippen molar-refractivity contribution in [1.82, 2.24) is 10.5 Å². The largest absolute Gasteiger partial charge is 0.442 e. The second-order valence-electron chi connectivity index (χ2n) is 3.12. The smallest absolute Gasteiger partial charge is 0.407 e. The molecule has 6 nitrogen and oxygen atoms in total. The minimum atomic E-state index is -0.370. The maximum Gasteiger partial charge on any atom is 0.407 e. The molecule has 0 aliphatic carbocycles. The van der Waals surface area contributed by atoms with E-state index in [-0.39, 0.29) is 12.2 Å². The van der Waals surface area contributed by atoms with Crippen LogP contribution < -0.4 is 10.6 Å². The monoisotopic (exact) mass is 197 g/mol. The summed E-state index contributed by atoms with van der Waals surface area (Å²) in [6, 6.07) is 1.78. The van der Waals surface area contributed by atoms with Crippen LogP contribution in [-0.2, 0) is 4.74 Å². The van der Waals surface area contributed by atoms with E-state index in [0.717, 1.165) is 5.69 Å². The molecule has 76 valence electrons.